The van der Waals surface area contributed by atoms with Gasteiger partial charge in [-0.1, -0.05) is 48.0 Å². The molecule has 0 aliphatic heterocycles. The second kappa shape index (κ2) is 8.53. The molecule has 1 unspecified atom stereocenters. The SMILES string of the molecule is Cc1ccc(N(CC(O)Cn2ccnc2C)S(=O)(=O)c2ccc3ccccc3c2)cc1. The van der Waals surface area contributed by atoms with E-state index in [1.807, 2.05) is 50.2 Å². The van der Waals surface area contributed by atoms with Crippen LogP contribution in [0.15, 0.2) is 84.0 Å². The number of benzene rings is 3. The predicted molar refractivity (Wildman–Crippen MR) is 123 cm³/mol. The summed E-state index contributed by atoms with van der Waals surface area (Å²) in [6, 6.07) is 20.0. The van der Waals surface area contributed by atoms with E-state index in [2.05, 4.69) is 4.98 Å². The molecule has 1 atom stereocenters. The lowest BCUT2D eigenvalue weighted by Gasteiger charge is -2.27. The van der Waals surface area contributed by atoms with Crippen molar-refractivity contribution in [2.45, 2.75) is 31.4 Å². The molecule has 1 N–H and O–H groups in total. The van der Waals surface area contributed by atoms with E-state index < -0.39 is 16.1 Å². The van der Waals surface area contributed by atoms with Crippen LogP contribution in [-0.2, 0) is 16.6 Å². The maximum Gasteiger partial charge on any atom is 0.264 e. The Labute approximate surface area is 182 Å². The summed E-state index contributed by atoms with van der Waals surface area (Å²) in [5.41, 5.74) is 1.54. The van der Waals surface area contributed by atoms with Crippen molar-refractivity contribution in [3.63, 3.8) is 0 Å². The van der Waals surface area contributed by atoms with Crippen LogP contribution in [0.5, 0.6) is 0 Å². The molecule has 1 heterocycles. The highest BCUT2D eigenvalue weighted by Crippen LogP contribution is 2.27. The zero-order chi connectivity index (χ0) is 22.0. The molecule has 0 amide bonds. The molecule has 0 aliphatic carbocycles. The molecule has 1 aromatic heterocycles. The molecule has 160 valence electrons. The van der Waals surface area contributed by atoms with E-state index in [0.717, 1.165) is 22.2 Å². The summed E-state index contributed by atoms with van der Waals surface area (Å²) in [6.45, 7) is 3.97. The Kier molecular flexibility index (Phi) is 5.80. The molecule has 0 bridgehead atoms. The van der Waals surface area contributed by atoms with Crippen molar-refractivity contribution in [1.29, 1.82) is 0 Å². The van der Waals surface area contributed by atoms with Crippen molar-refractivity contribution in [3.8, 4) is 0 Å². The first-order valence-electron chi connectivity index (χ1n) is 10.1. The average Bonchev–Trinajstić information content (AvgIpc) is 3.16. The Bertz CT molecular complexity index is 1300. The highest BCUT2D eigenvalue weighted by Gasteiger charge is 2.27. The summed E-state index contributed by atoms with van der Waals surface area (Å²) in [7, 11) is -3.89. The molecular weight excluding hydrogens is 410 g/mol. The molecule has 6 nitrogen and oxygen atoms in total. The van der Waals surface area contributed by atoms with Crippen molar-refractivity contribution >= 4 is 26.5 Å². The number of imidazole rings is 1. The van der Waals surface area contributed by atoms with E-state index in [0.29, 0.717) is 5.69 Å². The molecule has 31 heavy (non-hydrogen) atoms. The first-order chi connectivity index (χ1) is 14.8. The first-order valence-corrected chi connectivity index (χ1v) is 11.5. The first kappa shape index (κ1) is 21.1. The van der Waals surface area contributed by atoms with Crippen LogP contribution in [0.1, 0.15) is 11.4 Å². The molecule has 0 radical (unpaired) electrons. The van der Waals surface area contributed by atoms with E-state index in [-0.39, 0.29) is 18.0 Å². The van der Waals surface area contributed by atoms with Crippen LogP contribution in [0, 0.1) is 13.8 Å². The van der Waals surface area contributed by atoms with Crippen molar-refractivity contribution < 1.29 is 13.5 Å². The lowest BCUT2D eigenvalue weighted by molar-refractivity contribution is 0.162. The molecular formula is C24H25N3O3S. The number of anilines is 1. The summed E-state index contributed by atoms with van der Waals surface area (Å²) in [4.78, 5) is 4.35. The van der Waals surface area contributed by atoms with Gasteiger partial charge in [0.2, 0.25) is 0 Å². The van der Waals surface area contributed by atoms with Gasteiger partial charge in [0.1, 0.15) is 5.82 Å². The number of aromatic nitrogens is 2. The molecule has 0 aliphatic rings. The molecule has 4 rings (SSSR count). The highest BCUT2D eigenvalue weighted by molar-refractivity contribution is 7.92. The summed E-state index contributed by atoms with van der Waals surface area (Å²) in [5.74, 6) is 0.762. The van der Waals surface area contributed by atoms with Gasteiger partial charge in [0.25, 0.3) is 10.0 Å². The van der Waals surface area contributed by atoms with Gasteiger partial charge in [-0.05, 0) is 48.9 Å². The number of hydrogen-bond donors (Lipinski definition) is 1. The van der Waals surface area contributed by atoms with Gasteiger partial charge in [0.05, 0.1) is 29.8 Å². The van der Waals surface area contributed by atoms with Gasteiger partial charge in [-0.3, -0.25) is 4.31 Å². The topological polar surface area (TPSA) is 75.4 Å². The summed E-state index contributed by atoms with van der Waals surface area (Å²) < 4.78 is 30.4. The van der Waals surface area contributed by atoms with Crippen LogP contribution in [0.25, 0.3) is 10.8 Å². The number of aryl methyl sites for hydroxylation is 2. The molecule has 0 spiro atoms. The van der Waals surface area contributed by atoms with Gasteiger partial charge in [-0.2, -0.15) is 0 Å². The van der Waals surface area contributed by atoms with Crippen LogP contribution in [0.2, 0.25) is 0 Å². The normalized spacial score (nSPS) is 12.7. The highest BCUT2D eigenvalue weighted by atomic mass is 32.2. The zero-order valence-electron chi connectivity index (χ0n) is 17.5. The van der Waals surface area contributed by atoms with Crippen LogP contribution >= 0.6 is 0 Å². The number of sulfonamides is 1. The monoisotopic (exact) mass is 435 g/mol. The number of rotatable bonds is 7. The number of fused-ring (bicyclic) bond motifs is 1. The molecule has 0 fully saturated rings. The molecule has 0 saturated carbocycles. The fourth-order valence-electron chi connectivity index (χ4n) is 3.58. The Balaban J connectivity index is 1.71. The van der Waals surface area contributed by atoms with E-state index >= 15 is 0 Å². The minimum atomic E-state index is -3.89. The molecule has 0 saturated heterocycles. The predicted octanol–water partition coefficient (Wildman–Crippen LogP) is 3.91. The standard InChI is InChI=1S/C24H25N3O3S/c1-18-7-10-22(11-8-18)27(17-23(28)16-26-14-13-25-19(26)2)31(29,30)24-12-9-20-5-3-4-6-21(20)15-24/h3-15,23,28H,16-17H2,1-2H3. The van der Waals surface area contributed by atoms with Gasteiger partial charge in [-0.25, -0.2) is 13.4 Å². The van der Waals surface area contributed by atoms with Crippen molar-refractivity contribution in [1.82, 2.24) is 9.55 Å². The summed E-state index contributed by atoms with van der Waals surface area (Å²) in [6.07, 6.45) is 2.52. The van der Waals surface area contributed by atoms with Crippen molar-refractivity contribution in [2.75, 3.05) is 10.8 Å². The maximum atomic E-state index is 13.7. The third-order valence-corrected chi connectivity index (χ3v) is 7.13. The minimum Gasteiger partial charge on any atom is -0.389 e. The van der Waals surface area contributed by atoms with Gasteiger partial charge < -0.3 is 9.67 Å². The smallest absolute Gasteiger partial charge is 0.264 e. The van der Waals surface area contributed by atoms with E-state index in [4.69, 9.17) is 0 Å². The quantitative estimate of drug-likeness (QED) is 0.478. The van der Waals surface area contributed by atoms with Gasteiger partial charge >= 0.3 is 0 Å². The largest absolute Gasteiger partial charge is 0.389 e. The zero-order valence-corrected chi connectivity index (χ0v) is 18.3. The van der Waals surface area contributed by atoms with Gasteiger partial charge in [0.15, 0.2) is 0 Å². The van der Waals surface area contributed by atoms with Crippen LogP contribution in [0.4, 0.5) is 5.69 Å². The fourth-order valence-corrected chi connectivity index (χ4v) is 5.12. The second-order valence-electron chi connectivity index (χ2n) is 7.66. The lowest BCUT2D eigenvalue weighted by Crippen LogP contribution is -2.39. The van der Waals surface area contributed by atoms with Crippen molar-refractivity contribution in [3.05, 3.63) is 90.5 Å². The van der Waals surface area contributed by atoms with E-state index in [1.54, 1.807) is 47.3 Å². The maximum absolute atomic E-state index is 13.7. The molecule has 4 aromatic rings. The molecule has 3 aromatic carbocycles. The average molecular weight is 436 g/mol. The van der Waals surface area contributed by atoms with Crippen LogP contribution < -0.4 is 4.31 Å². The number of hydrogen-bond acceptors (Lipinski definition) is 4. The number of nitrogens with zero attached hydrogens (tertiary/aromatic N) is 3. The van der Waals surface area contributed by atoms with E-state index in [9.17, 15) is 13.5 Å². The van der Waals surface area contributed by atoms with Crippen molar-refractivity contribution in [2.24, 2.45) is 0 Å². The number of aliphatic hydroxyl groups excluding tert-OH is 1. The number of aliphatic hydroxyl groups is 1. The third kappa shape index (κ3) is 4.47. The fraction of sp³-hybridized carbons (Fsp3) is 0.208. The lowest BCUT2D eigenvalue weighted by atomic mass is 10.1. The minimum absolute atomic E-state index is 0.0736. The summed E-state index contributed by atoms with van der Waals surface area (Å²) in [5, 5.41) is 12.6. The van der Waals surface area contributed by atoms with Gasteiger partial charge in [0, 0.05) is 12.4 Å². The van der Waals surface area contributed by atoms with Gasteiger partial charge in [-0.15, -0.1) is 0 Å². The Hall–Kier alpha value is -3.16. The summed E-state index contributed by atoms with van der Waals surface area (Å²) >= 11 is 0. The van der Waals surface area contributed by atoms with Crippen LogP contribution in [0.3, 0.4) is 0 Å². The third-order valence-electron chi connectivity index (χ3n) is 5.34. The van der Waals surface area contributed by atoms with E-state index in [1.165, 1.54) is 4.31 Å². The van der Waals surface area contributed by atoms with Crippen LogP contribution in [-0.4, -0.2) is 35.7 Å². The Morgan fingerprint density at radius 1 is 1.00 bits per heavy atom. The molecule has 7 heteroatoms. The Morgan fingerprint density at radius 3 is 2.39 bits per heavy atom. The second-order valence-corrected chi connectivity index (χ2v) is 9.52. The Morgan fingerprint density at radius 2 is 1.71 bits per heavy atom.